The van der Waals surface area contributed by atoms with Crippen LogP contribution in [0, 0.1) is 11.7 Å². The minimum Gasteiger partial charge on any atom is -0.439 e. The van der Waals surface area contributed by atoms with Crippen LogP contribution in [0.3, 0.4) is 0 Å². The summed E-state index contributed by atoms with van der Waals surface area (Å²) in [6.45, 7) is 0.342. The molecule has 0 saturated carbocycles. The summed E-state index contributed by atoms with van der Waals surface area (Å²) in [5.74, 6) is 0.909. The minimum absolute atomic E-state index is 0. The second-order valence-electron chi connectivity index (χ2n) is 7.48. The molecule has 0 spiro atoms. The van der Waals surface area contributed by atoms with Crippen molar-refractivity contribution in [3.8, 4) is 11.6 Å². The highest BCUT2D eigenvalue weighted by atomic mass is 35.5. The highest BCUT2D eigenvalue weighted by Crippen LogP contribution is 2.32. The summed E-state index contributed by atoms with van der Waals surface area (Å²) in [6.07, 6.45) is 6.83. The monoisotopic (exact) mass is 441 g/mol. The lowest BCUT2D eigenvalue weighted by Crippen LogP contribution is -2.39. The van der Waals surface area contributed by atoms with Gasteiger partial charge < -0.3 is 15.4 Å². The molecule has 2 aliphatic heterocycles. The van der Waals surface area contributed by atoms with Crippen molar-refractivity contribution in [3.63, 3.8) is 0 Å². The van der Waals surface area contributed by atoms with Crippen molar-refractivity contribution < 1.29 is 13.9 Å². The third-order valence-corrected chi connectivity index (χ3v) is 5.38. The maximum atomic E-state index is 13.3. The quantitative estimate of drug-likeness (QED) is 0.697. The van der Waals surface area contributed by atoms with Gasteiger partial charge >= 0.3 is 0 Å². The van der Waals surface area contributed by atoms with Gasteiger partial charge in [-0.05, 0) is 49.8 Å². The molecule has 1 aromatic heterocycles. The second kappa shape index (κ2) is 10.8. The van der Waals surface area contributed by atoms with Crippen LogP contribution in [0.2, 0.25) is 0 Å². The molecule has 2 atom stereocenters. The van der Waals surface area contributed by atoms with Gasteiger partial charge in [-0.1, -0.05) is 12.1 Å². The van der Waals surface area contributed by atoms with Crippen LogP contribution < -0.4 is 15.4 Å². The number of hydrogen-bond donors (Lipinski definition) is 2. The predicted molar refractivity (Wildman–Crippen MR) is 114 cm³/mol. The van der Waals surface area contributed by atoms with Gasteiger partial charge in [0.1, 0.15) is 11.6 Å². The number of fused-ring (bicyclic) bond motifs is 2. The first-order valence-corrected chi connectivity index (χ1v) is 9.56. The van der Waals surface area contributed by atoms with Crippen LogP contribution in [0.1, 0.15) is 37.7 Å². The molecule has 2 N–H and O–H groups in total. The van der Waals surface area contributed by atoms with Crippen LogP contribution in [0.5, 0.6) is 11.6 Å². The summed E-state index contributed by atoms with van der Waals surface area (Å²) in [4.78, 5) is 16.6. The van der Waals surface area contributed by atoms with E-state index in [1.54, 1.807) is 24.4 Å². The normalized spacial score (nSPS) is 22.2. The maximum absolute atomic E-state index is 13.3. The Morgan fingerprint density at radius 3 is 2.66 bits per heavy atom. The Morgan fingerprint density at radius 2 is 1.93 bits per heavy atom. The molecule has 0 aliphatic carbocycles. The molecule has 0 radical (unpaired) electrons. The van der Waals surface area contributed by atoms with Crippen LogP contribution in [-0.2, 0) is 11.3 Å². The number of amides is 1. The fraction of sp³-hybridized carbons (Fsp3) is 0.429. The molecule has 8 heteroatoms. The molecule has 158 valence electrons. The highest BCUT2D eigenvalue weighted by molar-refractivity contribution is 5.85. The first-order chi connectivity index (χ1) is 13.2. The van der Waals surface area contributed by atoms with Crippen molar-refractivity contribution in [2.45, 2.75) is 50.7 Å². The number of benzene rings is 1. The summed E-state index contributed by atoms with van der Waals surface area (Å²) in [7, 11) is 0. The van der Waals surface area contributed by atoms with E-state index in [4.69, 9.17) is 4.74 Å². The summed E-state index contributed by atoms with van der Waals surface area (Å²) < 4.78 is 19.0. The third kappa shape index (κ3) is 6.29. The molecule has 4 rings (SSSR count). The van der Waals surface area contributed by atoms with E-state index in [-0.39, 0.29) is 36.5 Å². The standard InChI is InChI=1S/C21H24FN3O2.2ClH/c22-16-4-1-5-19(12-16)27-21-15(3-2-8-23-21)13-24-20(26)11-14-9-17-6-7-18(10-14)25-17;;/h1-5,8,12,14,17-18,25H,6-7,9-11,13H2,(H,24,26);2*1H. The Hall–Kier alpha value is -1.89. The van der Waals surface area contributed by atoms with Gasteiger partial charge in [-0.2, -0.15) is 0 Å². The van der Waals surface area contributed by atoms with Crippen LogP contribution in [0.25, 0.3) is 0 Å². The number of aromatic nitrogens is 1. The Bertz CT molecular complexity index is 812. The van der Waals surface area contributed by atoms with E-state index in [1.165, 1.54) is 25.0 Å². The zero-order valence-corrected chi connectivity index (χ0v) is 17.6. The molecule has 2 aromatic rings. The van der Waals surface area contributed by atoms with E-state index in [0.29, 0.717) is 42.6 Å². The van der Waals surface area contributed by atoms with Crippen molar-refractivity contribution in [1.82, 2.24) is 15.6 Å². The Labute approximate surface area is 182 Å². The molecule has 3 heterocycles. The number of carbonyl (C=O) groups excluding carboxylic acids is 1. The predicted octanol–water partition coefficient (Wildman–Crippen LogP) is 4.39. The molecular weight excluding hydrogens is 416 g/mol. The SMILES string of the molecule is Cl.Cl.O=C(CC1CC2CCC(C1)N2)NCc1cccnc1Oc1cccc(F)c1. The van der Waals surface area contributed by atoms with E-state index < -0.39 is 0 Å². The van der Waals surface area contributed by atoms with Gasteiger partial charge in [-0.15, -0.1) is 24.8 Å². The zero-order valence-electron chi connectivity index (χ0n) is 16.0. The molecule has 2 aliphatic rings. The van der Waals surface area contributed by atoms with E-state index in [9.17, 15) is 9.18 Å². The summed E-state index contributed by atoms with van der Waals surface area (Å²) >= 11 is 0. The lowest BCUT2D eigenvalue weighted by atomic mass is 9.89. The first-order valence-electron chi connectivity index (χ1n) is 9.56. The smallest absolute Gasteiger partial charge is 0.224 e. The maximum Gasteiger partial charge on any atom is 0.224 e. The summed E-state index contributed by atoms with van der Waals surface area (Å²) in [5.41, 5.74) is 0.764. The van der Waals surface area contributed by atoms with Crippen LogP contribution in [0.15, 0.2) is 42.6 Å². The van der Waals surface area contributed by atoms with E-state index >= 15 is 0 Å². The second-order valence-corrected chi connectivity index (χ2v) is 7.48. The van der Waals surface area contributed by atoms with Crippen molar-refractivity contribution >= 4 is 30.7 Å². The zero-order chi connectivity index (χ0) is 18.6. The van der Waals surface area contributed by atoms with E-state index in [2.05, 4.69) is 15.6 Å². The van der Waals surface area contributed by atoms with Crippen molar-refractivity contribution in [1.29, 1.82) is 0 Å². The van der Waals surface area contributed by atoms with Gasteiger partial charge in [-0.3, -0.25) is 4.79 Å². The van der Waals surface area contributed by atoms with E-state index in [1.807, 2.05) is 6.07 Å². The number of halogens is 3. The molecule has 2 unspecified atom stereocenters. The molecule has 1 amide bonds. The van der Waals surface area contributed by atoms with Crippen molar-refractivity contribution in [3.05, 3.63) is 54.0 Å². The van der Waals surface area contributed by atoms with Gasteiger partial charge in [0.05, 0.1) is 0 Å². The first kappa shape index (κ1) is 23.4. The van der Waals surface area contributed by atoms with Gasteiger partial charge in [0.15, 0.2) is 0 Å². The molecule has 2 fully saturated rings. The van der Waals surface area contributed by atoms with Gasteiger partial charge in [-0.25, -0.2) is 9.37 Å². The van der Waals surface area contributed by atoms with Crippen LogP contribution in [-0.4, -0.2) is 23.0 Å². The molecule has 29 heavy (non-hydrogen) atoms. The van der Waals surface area contributed by atoms with Crippen molar-refractivity contribution in [2.75, 3.05) is 0 Å². The third-order valence-electron chi connectivity index (χ3n) is 5.38. The molecular formula is C21H26Cl2FN3O2. The number of pyridine rings is 1. The number of rotatable bonds is 6. The summed E-state index contributed by atoms with van der Waals surface area (Å²) in [5, 5.41) is 6.58. The number of nitrogens with zero attached hydrogens (tertiary/aromatic N) is 1. The number of hydrogen-bond acceptors (Lipinski definition) is 4. The lowest BCUT2D eigenvalue weighted by molar-refractivity contribution is -0.122. The van der Waals surface area contributed by atoms with Crippen LogP contribution in [0.4, 0.5) is 4.39 Å². The largest absolute Gasteiger partial charge is 0.439 e. The summed E-state index contributed by atoms with van der Waals surface area (Å²) in [6, 6.07) is 10.8. The van der Waals surface area contributed by atoms with Crippen molar-refractivity contribution in [2.24, 2.45) is 5.92 Å². The number of nitrogens with one attached hydrogen (secondary N) is 2. The average molecular weight is 442 g/mol. The number of piperidine rings is 1. The Kier molecular flexibility index (Phi) is 8.68. The Morgan fingerprint density at radius 1 is 1.17 bits per heavy atom. The van der Waals surface area contributed by atoms with Gasteiger partial charge in [0.2, 0.25) is 11.8 Å². The molecule has 2 saturated heterocycles. The van der Waals surface area contributed by atoms with Gasteiger partial charge in [0, 0.05) is 42.9 Å². The molecule has 5 nitrogen and oxygen atoms in total. The average Bonchev–Trinajstić information content (AvgIpc) is 2.99. The fourth-order valence-corrected chi connectivity index (χ4v) is 4.16. The fourth-order valence-electron chi connectivity index (χ4n) is 4.16. The Balaban J connectivity index is 0.00000150. The highest BCUT2D eigenvalue weighted by Gasteiger charge is 2.34. The van der Waals surface area contributed by atoms with E-state index in [0.717, 1.165) is 18.4 Å². The topological polar surface area (TPSA) is 63.2 Å². The number of carbonyl (C=O) groups is 1. The lowest BCUT2D eigenvalue weighted by Gasteiger charge is -2.28. The molecule has 1 aromatic carbocycles. The van der Waals surface area contributed by atoms with Gasteiger partial charge in [0.25, 0.3) is 0 Å². The molecule has 2 bridgehead atoms. The minimum atomic E-state index is -0.366. The number of ether oxygens (including phenoxy) is 1. The van der Waals surface area contributed by atoms with Crippen LogP contribution >= 0.6 is 24.8 Å².